The summed E-state index contributed by atoms with van der Waals surface area (Å²) in [5.74, 6) is -5.34. The van der Waals surface area contributed by atoms with Gasteiger partial charge in [0.2, 0.25) is 5.91 Å². The van der Waals surface area contributed by atoms with Gasteiger partial charge >= 0.3 is 5.92 Å². The molecular weight excluding hydrogens is 332 g/mol. The molecule has 0 aromatic rings. The standard InChI is InChI=1S/C17H27F2N3O3/c18-17(19,16(25)7-1-2-8-16)15(24)21-10-5-12(6-11-21)22-9-3-4-13(22)14(20)23/h12-13,25H,1-11H2,(H2,20,23). The van der Waals surface area contributed by atoms with Crippen LogP contribution in [0, 0.1) is 0 Å². The van der Waals surface area contributed by atoms with E-state index in [1.54, 1.807) is 0 Å². The van der Waals surface area contributed by atoms with E-state index in [0.29, 0.717) is 25.7 Å². The van der Waals surface area contributed by atoms with E-state index >= 15 is 0 Å². The Hall–Kier alpha value is -1.28. The Morgan fingerprint density at radius 1 is 1.04 bits per heavy atom. The van der Waals surface area contributed by atoms with Crippen LogP contribution in [0.25, 0.3) is 0 Å². The van der Waals surface area contributed by atoms with Gasteiger partial charge in [0.05, 0.1) is 6.04 Å². The molecule has 142 valence electrons. The lowest BCUT2D eigenvalue weighted by Crippen LogP contribution is -2.59. The molecule has 0 aromatic carbocycles. The molecule has 0 spiro atoms. The number of carbonyl (C=O) groups excluding carboxylic acids is 2. The Labute approximate surface area is 146 Å². The lowest BCUT2D eigenvalue weighted by atomic mass is 9.91. The molecule has 1 atom stereocenters. The number of aliphatic hydroxyl groups is 1. The molecule has 0 radical (unpaired) electrons. The number of hydrogen-bond donors (Lipinski definition) is 2. The van der Waals surface area contributed by atoms with E-state index in [2.05, 4.69) is 4.90 Å². The van der Waals surface area contributed by atoms with Crippen LogP contribution in [0.1, 0.15) is 51.4 Å². The second-order valence-corrected chi connectivity index (χ2v) is 7.63. The molecule has 3 aliphatic rings. The molecule has 1 saturated carbocycles. The van der Waals surface area contributed by atoms with Gasteiger partial charge in [-0.25, -0.2) is 0 Å². The van der Waals surface area contributed by atoms with Crippen molar-refractivity contribution in [2.45, 2.75) is 75.0 Å². The van der Waals surface area contributed by atoms with Gasteiger partial charge in [0.15, 0.2) is 0 Å². The quantitative estimate of drug-likeness (QED) is 0.780. The first kappa shape index (κ1) is 18.5. The number of primary amides is 1. The lowest BCUT2D eigenvalue weighted by Gasteiger charge is -2.41. The normalized spacial score (nSPS) is 28.4. The lowest BCUT2D eigenvalue weighted by molar-refractivity contribution is -0.201. The van der Waals surface area contributed by atoms with Crippen molar-refractivity contribution in [3.8, 4) is 0 Å². The SMILES string of the molecule is NC(=O)C1CCCN1C1CCN(C(=O)C(F)(F)C2(O)CCCC2)CC1. The Morgan fingerprint density at radius 2 is 1.64 bits per heavy atom. The summed E-state index contributed by atoms with van der Waals surface area (Å²) >= 11 is 0. The van der Waals surface area contributed by atoms with Crippen LogP contribution in [0.4, 0.5) is 8.78 Å². The predicted molar refractivity (Wildman–Crippen MR) is 86.9 cm³/mol. The summed E-state index contributed by atoms with van der Waals surface area (Å²) in [5, 5.41) is 10.2. The van der Waals surface area contributed by atoms with Gasteiger partial charge in [-0.15, -0.1) is 0 Å². The van der Waals surface area contributed by atoms with Crippen molar-refractivity contribution in [2.24, 2.45) is 5.73 Å². The number of nitrogens with two attached hydrogens (primary N) is 1. The van der Waals surface area contributed by atoms with Crippen molar-refractivity contribution < 1.29 is 23.5 Å². The van der Waals surface area contributed by atoms with Crippen molar-refractivity contribution in [3.05, 3.63) is 0 Å². The fourth-order valence-corrected chi connectivity index (χ4v) is 4.60. The van der Waals surface area contributed by atoms with Crippen LogP contribution in [0.2, 0.25) is 0 Å². The molecule has 6 nitrogen and oxygen atoms in total. The Morgan fingerprint density at radius 3 is 2.20 bits per heavy atom. The first-order chi connectivity index (χ1) is 11.8. The Kier molecular flexibility index (Phi) is 5.03. The molecule has 2 amide bonds. The van der Waals surface area contributed by atoms with Gasteiger partial charge in [0.25, 0.3) is 5.91 Å². The molecule has 1 unspecified atom stereocenters. The molecule has 1 aliphatic carbocycles. The fraction of sp³-hybridized carbons (Fsp3) is 0.882. The van der Waals surface area contributed by atoms with Gasteiger partial charge in [-0.05, 0) is 45.1 Å². The largest absolute Gasteiger partial charge is 0.383 e. The van der Waals surface area contributed by atoms with Gasteiger partial charge in [-0.1, -0.05) is 12.8 Å². The predicted octanol–water partition coefficient (Wildman–Crippen LogP) is 0.867. The third-order valence-corrected chi connectivity index (χ3v) is 6.13. The van der Waals surface area contributed by atoms with Crippen LogP contribution in [0.15, 0.2) is 0 Å². The molecule has 2 heterocycles. The smallest absolute Gasteiger partial charge is 0.352 e. The van der Waals surface area contributed by atoms with Crippen molar-refractivity contribution in [3.63, 3.8) is 0 Å². The number of rotatable bonds is 4. The van der Waals surface area contributed by atoms with E-state index in [9.17, 15) is 23.5 Å². The van der Waals surface area contributed by atoms with Crippen LogP contribution in [-0.4, -0.2) is 70.0 Å². The molecule has 25 heavy (non-hydrogen) atoms. The summed E-state index contributed by atoms with van der Waals surface area (Å²) in [5.41, 5.74) is 3.24. The summed E-state index contributed by atoms with van der Waals surface area (Å²) in [4.78, 5) is 27.1. The minimum atomic E-state index is -3.74. The van der Waals surface area contributed by atoms with Crippen LogP contribution in [0.3, 0.4) is 0 Å². The maximum Gasteiger partial charge on any atom is 0.352 e. The second-order valence-electron chi connectivity index (χ2n) is 7.63. The maximum absolute atomic E-state index is 14.5. The van der Waals surface area contributed by atoms with E-state index in [1.165, 1.54) is 4.90 Å². The molecule has 8 heteroatoms. The highest BCUT2D eigenvalue weighted by Gasteiger charge is 2.60. The topological polar surface area (TPSA) is 86.9 Å². The highest BCUT2D eigenvalue weighted by atomic mass is 19.3. The summed E-state index contributed by atoms with van der Waals surface area (Å²) in [7, 11) is 0. The summed E-state index contributed by atoms with van der Waals surface area (Å²) in [6.07, 6.45) is 3.70. The van der Waals surface area contributed by atoms with Crippen molar-refractivity contribution in [1.82, 2.24) is 9.80 Å². The van der Waals surface area contributed by atoms with Crippen LogP contribution in [0.5, 0.6) is 0 Å². The van der Waals surface area contributed by atoms with Crippen molar-refractivity contribution in [2.75, 3.05) is 19.6 Å². The third-order valence-electron chi connectivity index (χ3n) is 6.13. The molecule has 3 fully saturated rings. The van der Waals surface area contributed by atoms with E-state index in [0.717, 1.165) is 19.4 Å². The summed E-state index contributed by atoms with van der Waals surface area (Å²) < 4.78 is 29.1. The van der Waals surface area contributed by atoms with Crippen molar-refractivity contribution in [1.29, 1.82) is 0 Å². The maximum atomic E-state index is 14.5. The zero-order valence-electron chi connectivity index (χ0n) is 14.4. The van der Waals surface area contributed by atoms with E-state index in [4.69, 9.17) is 5.73 Å². The summed E-state index contributed by atoms with van der Waals surface area (Å²) in [6, 6.07) is -0.194. The zero-order chi connectivity index (χ0) is 18.2. The number of nitrogens with zero attached hydrogens (tertiary/aromatic N) is 2. The number of halogens is 2. The Bertz CT molecular complexity index is 529. The average molecular weight is 359 g/mol. The van der Waals surface area contributed by atoms with Crippen LogP contribution < -0.4 is 5.73 Å². The molecule has 2 saturated heterocycles. The molecule has 3 N–H and O–H groups in total. The van der Waals surface area contributed by atoms with E-state index in [-0.39, 0.29) is 43.9 Å². The summed E-state index contributed by atoms with van der Waals surface area (Å²) in [6.45, 7) is 1.22. The Balaban J connectivity index is 1.60. The zero-order valence-corrected chi connectivity index (χ0v) is 14.4. The number of piperidine rings is 1. The molecule has 2 aliphatic heterocycles. The molecule has 0 bridgehead atoms. The number of hydrogen-bond acceptors (Lipinski definition) is 4. The highest BCUT2D eigenvalue weighted by Crippen LogP contribution is 2.43. The van der Waals surface area contributed by atoms with Gasteiger partial charge < -0.3 is 15.7 Å². The number of amides is 2. The second kappa shape index (κ2) is 6.79. The van der Waals surface area contributed by atoms with Crippen LogP contribution >= 0.6 is 0 Å². The average Bonchev–Trinajstić information content (AvgIpc) is 3.24. The number of likely N-dealkylation sites (tertiary alicyclic amines) is 2. The molecule has 0 aromatic heterocycles. The molecular formula is C17H27F2N3O3. The van der Waals surface area contributed by atoms with Crippen molar-refractivity contribution >= 4 is 11.8 Å². The third kappa shape index (κ3) is 3.26. The van der Waals surface area contributed by atoms with Gasteiger partial charge in [0, 0.05) is 19.1 Å². The van der Waals surface area contributed by atoms with Gasteiger partial charge in [0.1, 0.15) is 5.60 Å². The van der Waals surface area contributed by atoms with Crippen LogP contribution in [-0.2, 0) is 9.59 Å². The van der Waals surface area contributed by atoms with E-state index < -0.39 is 17.4 Å². The highest BCUT2D eigenvalue weighted by molar-refractivity contribution is 5.85. The van der Waals surface area contributed by atoms with Gasteiger partial charge in [-0.3, -0.25) is 14.5 Å². The monoisotopic (exact) mass is 359 g/mol. The fourth-order valence-electron chi connectivity index (χ4n) is 4.60. The number of alkyl halides is 2. The number of carbonyl (C=O) groups is 2. The van der Waals surface area contributed by atoms with E-state index in [1.807, 2.05) is 0 Å². The molecule has 3 rings (SSSR count). The van der Waals surface area contributed by atoms with Gasteiger partial charge in [-0.2, -0.15) is 8.78 Å². The minimum Gasteiger partial charge on any atom is -0.383 e. The first-order valence-electron chi connectivity index (χ1n) is 9.21. The minimum absolute atomic E-state index is 0.0315. The first-order valence-corrected chi connectivity index (χ1v) is 9.21.